The van der Waals surface area contributed by atoms with Crippen molar-refractivity contribution in [2.75, 3.05) is 14.2 Å². The Morgan fingerprint density at radius 1 is 1.00 bits per heavy atom. The van der Waals surface area contributed by atoms with E-state index in [2.05, 4.69) is 9.47 Å². The van der Waals surface area contributed by atoms with Crippen LogP contribution in [0, 0.1) is 0 Å². The summed E-state index contributed by atoms with van der Waals surface area (Å²) >= 11 is 0. The van der Waals surface area contributed by atoms with Gasteiger partial charge in [0.15, 0.2) is 0 Å². The van der Waals surface area contributed by atoms with Crippen LogP contribution >= 0.6 is 15.2 Å². The number of methoxy groups -OCH3 is 2. The maximum atomic E-state index is 11.4. The highest BCUT2D eigenvalue weighted by molar-refractivity contribution is 7.74. The summed E-state index contributed by atoms with van der Waals surface area (Å²) in [6.45, 7) is 0. The van der Waals surface area contributed by atoms with Crippen molar-refractivity contribution in [1.29, 1.82) is 0 Å². The number of ether oxygens (including phenoxy) is 2. The van der Waals surface area contributed by atoms with E-state index < -0.39 is 38.4 Å². The maximum absolute atomic E-state index is 11.4. The van der Waals surface area contributed by atoms with E-state index in [4.69, 9.17) is 19.6 Å². The topological polar surface area (TPSA) is 168 Å². The predicted octanol–water partition coefficient (Wildman–Crippen LogP) is -1.23. The first-order valence-corrected chi connectivity index (χ1v) is 7.43. The van der Waals surface area contributed by atoms with Crippen molar-refractivity contribution >= 4 is 27.1 Å². The molecule has 0 saturated heterocycles. The fourth-order valence-corrected chi connectivity index (χ4v) is 3.81. The van der Waals surface area contributed by atoms with Gasteiger partial charge in [0.05, 0.1) is 20.6 Å². The second-order valence-corrected chi connectivity index (χ2v) is 7.20. The minimum absolute atomic E-state index is 0.666. The third-order valence-electron chi connectivity index (χ3n) is 2.09. The quantitative estimate of drug-likeness (QED) is 0.356. The van der Waals surface area contributed by atoms with Crippen LogP contribution in [0.4, 0.5) is 0 Å². The van der Waals surface area contributed by atoms with Gasteiger partial charge in [-0.05, 0) is 0 Å². The number of carbonyl (C=O) groups is 2. The van der Waals surface area contributed by atoms with Crippen LogP contribution in [0.3, 0.4) is 0 Å². The monoisotopic (exact) mass is 306 g/mol. The molecule has 0 aliphatic rings. The molecule has 0 fully saturated rings. The number of hydrogen-bond donors (Lipinski definition) is 4. The number of carbonyl (C=O) groups excluding carboxylic acids is 2. The van der Waals surface area contributed by atoms with Crippen LogP contribution in [0.15, 0.2) is 0 Å². The minimum Gasteiger partial charge on any atom is -0.469 e. The summed E-state index contributed by atoms with van der Waals surface area (Å²) < 4.78 is 30.5. The molecule has 0 atom stereocenters. The molecule has 10 nitrogen and oxygen atoms in total. The van der Waals surface area contributed by atoms with Crippen molar-refractivity contribution < 1.29 is 47.8 Å². The molecule has 0 aliphatic heterocycles. The highest BCUT2D eigenvalue weighted by Crippen LogP contribution is 2.71. The summed E-state index contributed by atoms with van der Waals surface area (Å²) in [4.78, 5) is 54.9. The molecular formula is C6H12O10P2. The summed E-state index contributed by atoms with van der Waals surface area (Å²) in [5.41, 5.74) is 0. The van der Waals surface area contributed by atoms with Gasteiger partial charge in [-0.3, -0.25) is 18.7 Å². The number of rotatable bonds is 5. The van der Waals surface area contributed by atoms with Crippen molar-refractivity contribution in [2.45, 2.75) is 11.3 Å². The molecule has 0 aromatic carbocycles. The molecule has 0 saturated carbocycles. The molecule has 0 spiro atoms. The summed E-state index contributed by atoms with van der Waals surface area (Å²) in [5, 5.41) is 0. The molecule has 0 aromatic rings. The van der Waals surface area contributed by atoms with Crippen LogP contribution in [-0.2, 0) is 28.2 Å². The Balaban J connectivity index is 6.07. The van der Waals surface area contributed by atoms with Gasteiger partial charge in [-0.15, -0.1) is 0 Å². The average molecular weight is 306 g/mol. The van der Waals surface area contributed by atoms with Crippen molar-refractivity contribution in [3.8, 4) is 0 Å². The van der Waals surface area contributed by atoms with Crippen LogP contribution < -0.4 is 0 Å². The second kappa shape index (κ2) is 5.48. The Hall–Kier alpha value is -0.760. The zero-order chi connectivity index (χ0) is 14.8. The van der Waals surface area contributed by atoms with E-state index in [9.17, 15) is 18.7 Å². The smallest absolute Gasteiger partial charge is 0.355 e. The number of hydrogen-bond acceptors (Lipinski definition) is 6. The van der Waals surface area contributed by atoms with Crippen molar-refractivity contribution in [1.82, 2.24) is 0 Å². The molecule has 0 aliphatic carbocycles. The van der Waals surface area contributed by atoms with E-state index in [1.54, 1.807) is 0 Å². The summed E-state index contributed by atoms with van der Waals surface area (Å²) in [7, 11) is -9.92. The molecule has 0 amide bonds. The first kappa shape index (κ1) is 17.2. The van der Waals surface area contributed by atoms with Crippen molar-refractivity contribution in [3.05, 3.63) is 0 Å². The van der Waals surface area contributed by atoms with E-state index in [0.717, 1.165) is 7.11 Å². The lowest BCUT2D eigenvalue weighted by Crippen LogP contribution is -2.41. The molecule has 18 heavy (non-hydrogen) atoms. The Kier molecular flexibility index (Phi) is 5.25. The standard InChI is InChI=1S/C6H12O10P2/c1-15-4(7)3-6(5(8)16-2,17(9,10)11)18(12,13)14/h3H2,1-2H3,(H2,9,10,11)(H2,12,13,14). The normalized spacial score (nSPS) is 13.0. The lowest BCUT2D eigenvalue weighted by molar-refractivity contribution is -0.148. The lowest BCUT2D eigenvalue weighted by Gasteiger charge is -2.30. The number of esters is 2. The van der Waals surface area contributed by atoms with Gasteiger partial charge in [-0.25, -0.2) is 0 Å². The largest absolute Gasteiger partial charge is 0.469 e. The van der Waals surface area contributed by atoms with Gasteiger partial charge >= 0.3 is 27.1 Å². The average Bonchev–Trinajstić information content (AvgIpc) is 2.20. The van der Waals surface area contributed by atoms with E-state index in [1.807, 2.05) is 0 Å². The Labute approximate surface area is 101 Å². The van der Waals surface area contributed by atoms with Crippen LogP contribution in [0.25, 0.3) is 0 Å². The van der Waals surface area contributed by atoms with E-state index >= 15 is 0 Å². The van der Waals surface area contributed by atoms with Crippen LogP contribution in [0.5, 0.6) is 0 Å². The maximum Gasteiger partial charge on any atom is 0.355 e. The molecule has 0 bridgehead atoms. The Bertz CT molecular complexity index is 408. The molecular weight excluding hydrogens is 294 g/mol. The molecule has 0 radical (unpaired) electrons. The highest BCUT2D eigenvalue weighted by Gasteiger charge is 2.68. The zero-order valence-corrected chi connectivity index (χ0v) is 11.1. The van der Waals surface area contributed by atoms with Gasteiger partial charge in [0.1, 0.15) is 0 Å². The van der Waals surface area contributed by atoms with Gasteiger partial charge in [-0.1, -0.05) is 0 Å². The third-order valence-corrected chi connectivity index (χ3v) is 6.27. The van der Waals surface area contributed by atoms with Crippen LogP contribution in [-0.4, -0.2) is 50.6 Å². The van der Waals surface area contributed by atoms with Gasteiger partial charge in [0.2, 0.25) is 0 Å². The van der Waals surface area contributed by atoms with E-state index in [0.29, 0.717) is 7.11 Å². The van der Waals surface area contributed by atoms with Crippen LogP contribution in [0.2, 0.25) is 0 Å². The first-order chi connectivity index (χ1) is 7.94. The molecule has 0 aromatic heterocycles. The van der Waals surface area contributed by atoms with Crippen LogP contribution in [0.1, 0.15) is 6.42 Å². The Morgan fingerprint density at radius 2 is 1.39 bits per heavy atom. The predicted molar refractivity (Wildman–Crippen MR) is 55.5 cm³/mol. The summed E-state index contributed by atoms with van der Waals surface area (Å²) in [6, 6.07) is 0. The summed E-state index contributed by atoms with van der Waals surface area (Å²) in [5.74, 6) is -3.28. The van der Waals surface area contributed by atoms with Gasteiger partial charge in [0, 0.05) is 0 Å². The minimum atomic E-state index is -5.71. The molecule has 12 heteroatoms. The van der Waals surface area contributed by atoms with Crippen molar-refractivity contribution in [3.63, 3.8) is 0 Å². The first-order valence-electron chi connectivity index (χ1n) is 4.20. The van der Waals surface area contributed by atoms with E-state index in [-0.39, 0.29) is 0 Å². The van der Waals surface area contributed by atoms with Gasteiger partial charge in [0.25, 0.3) is 4.90 Å². The fourth-order valence-electron chi connectivity index (χ4n) is 1.12. The van der Waals surface area contributed by atoms with E-state index in [1.165, 1.54) is 0 Å². The second-order valence-electron chi connectivity index (χ2n) is 3.15. The highest BCUT2D eigenvalue weighted by atomic mass is 31.2. The molecule has 0 rings (SSSR count). The van der Waals surface area contributed by atoms with Crippen molar-refractivity contribution in [2.24, 2.45) is 0 Å². The van der Waals surface area contributed by atoms with Gasteiger partial charge in [-0.2, -0.15) is 0 Å². The Morgan fingerprint density at radius 3 is 1.61 bits per heavy atom. The molecule has 0 heterocycles. The zero-order valence-electron chi connectivity index (χ0n) is 9.34. The summed E-state index contributed by atoms with van der Waals surface area (Å²) in [6.07, 6.45) is -1.51. The third kappa shape index (κ3) is 2.97. The molecule has 4 N–H and O–H groups in total. The fraction of sp³-hybridized carbons (Fsp3) is 0.667. The molecule has 0 unspecified atom stereocenters. The van der Waals surface area contributed by atoms with Gasteiger partial charge < -0.3 is 29.0 Å². The SMILES string of the molecule is COC(=O)CC(C(=O)OC)(P(=O)(O)O)P(=O)(O)O. The molecule has 106 valence electrons. The lowest BCUT2D eigenvalue weighted by atomic mass is 10.3.